The van der Waals surface area contributed by atoms with E-state index in [-0.39, 0.29) is 0 Å². The molecule has 3 aromatic rings. The Morgan fingerprint density at radius 2 is 1.57 bits per heavy atom. The van der Waals surface area contributed by atoms with Crippen LogP contribution < -0.4 is 0 Å². The molecule has 0 spiro atoms. The Hall–Kier alpha value is -2.22. The quantitative estimate of drug-likeness (QED) is 0.655. The average molecular weight is 276 g/mol. The minimum Gasteiger partial charge on any atom is -0.240 e. The van der Waals surface area contributed by atoms with Gasteiger partial charge in [0.05, 0.1) is 0 Å². The second-order valence-corrected chi connectivity index (χ2v) is 5.93. The Morgan fingerprint density at radius 3 is 2.24 bits per heavy atom. The van der Waals surface area contributed by atoms with Crippen molar-refractivity contribution >= 4 is 10.8 Å². The normalized spacial score (nSPS) is 11.3. The number of aromatic nitrogens is 2. The average Bonchev–Trinajstić information content (AvgIpc) is 2.51. The van der Waals surface area contributed by atoms with E-state index >= 15 is 0 Å². The predicted octanol–water partition coefficient (Wildman–Crippen LogP) is 5.04. The Balaban J connectivity index is 2.07. The molecule has 1 heterocycles. The number of nitrogens with zero attached hydrogens (tertiary/aromatic N) is 2. The molecule has 0 atom stereocenters. The van der Waals surface area contributed by atoms with Gasteiger partial charge < -0.3 is 0 Å². The van der Waals surface area contributed by atoms with Crippen LogP contribution in [0.25, 0.3) is 21.9 Å². The summed E-state index contributed by atoms with van der Waals surface area (Å²) in [5, 5.41) is 2.59. The number of hydrogen-bond acceptors (Lipinski definition) is 2. The maximum absolute atomic E-state index is 4.46. The summed E-state index contributed by atoms with van der Waals surface area (Å²) in [6.07, 6.45) is 3.84. The molecule has 106 valence electrons. The highest BCUT2D eigenvalue weighted by molar-refractivity contribution is 5.90. The largest absolute Gasteiger partial charge is 0.240 e. The topological polar surface area (TPSA) is 25.8 Å². The van der Waals surface area contributed by atoms with Crippen molar-refractivity contribution in [2.45, 2.75) is 33.6 Å². The molecule has 0 fully saturated rings. The fourth-order valence-corrected chi connectivity index (χ4v) is 2.56. The third-order valence-electron chi connectivity index (χ3n) is 4.08. The number of hydrogen-bond donors (Lipinski definition) is 0. The third kappa shape index (κ3) is 2.54. The lowest BCUT2D eigenvalue weighted by molar-refractivity contribution is 0.775. The van der Waals surface area contributed by atoms with E-state index in [9.17, 15) is 0 Å². The lowest BCUT2D eigenvalue weighted by atomic mass is 9.97. The van der Waals surface area contributed by atoms with Gasteiger partial charge in [-0.1, -0.05) is 38.1 Å². The lowest BCUT2D eigenvalue weighted by Crippen LogP contribution is -1.96. The van der Waals surface area contributed by atoms with Crippen molar-refractivity contribution in [3.8, 4) is 11.1 Å². The van der Waals surface area contributed by atoms with Crippen LogP contribution >= 0.6 is 0 Å². The summed E-state index contributed by atoms with van der Waals surface area (Å²) in [5.41, 5.74) is 4.92. The van der Waals surface area contributed by atoms with Gasteiger partial charge in [-0.2, -0.15) is 0 Å². The lowest BCUT2D eigenvalue weighted by Gasteiger charge is -2.09. The molecule has 0 aliphatic heterocycles. The molecule has 2 heteroatoms. The van der Waals surface area contributed by atoms with Gasteiger partial charge in [-0.15, -0.1) is 0 Å². The first-order chi connectivity index (χ1) is 10.1. The van der Waals surface area contributed by atoms with Gasteiger partial charge in [-0.25, -0.2) is 9.97 Å². The highest BCUT2D eigenvalue weighted by Gasteiger charge is 2.06. The van der Waals surface area contributed by atoms with E-state index in [0.717, 1.165) is 11.4 Å². The molecule has 0 aliphatic carbocycles. The first-order valence-corrected chi connectivity index (χ1v) is 7.38. The summed E-state index contributed by atoms with van der Waals surface area (Å²) in [4.78, 5) is 8.91. The number of fused-ring (bicyclic) bond motifs is 1. The Morgan fingerprint density at radius 1 is 0.857 bits per heavy atom. The first kappa shape index (κ1) is 13.7. The monoisotopic (exact) mass is 276 g/mol. The van der Waals surface area contributed by atoms with Crippen molar-refractivity contribution in [3.05, 3.63) is 59.7 Å². The van der Waals surface area contributed by atoms with Crippen molar-refractivity contribution in [3.63, 3.8) is 0 Å². The fraction of sp³-hybridized carbons (Fsp3) is 0.263. The summed E-state index contributed by atoms with van der Waals surface area (Å²) < 4.78 is 0. The fourth-order valence-electron chi connectivity index (χ4n) is 2.56. The van der Waals surface area contributed by atoms with Crippen LogP contribution in [0.5, 0.6) is 0 Å². The van der Waals surface area contributed by atoms with Gasteiger partial charge in [0, 0.05) is 23.9 Å². The van der Waals surface area contributed by atoms with Crippen LogP contribution in [0.1, 0.15) is 36.7 Å². The molecule has 0 radical (unpaired) electrons. The summed E-state index contributed by atoms with van der Waals surface area (Å²) >= 11 is 0. The molecule has 2 aromatic carbocycles. The van der Waals surface area contributed by atoms with Crippen LogP contribution in [0.4, 0.5) is 0 Å². The highest BCUT2D eigenvalue weighted by Crippen LogP contribution is 2.27. The van der Waals surface area contributed by atoms with Gasteiger partial charge in [-0.3, -0.25) is 0 Å². The zero-order valence-electron chi connectivity index (χ0n) is 13.0. The molecule has 0 unspecified atom stereocenters. The molecule has 0 N–H and O–H groups in total. The number of benzene rings is 2. The molecule has 0 saturated carbocycles. The zero-order valence-corrected chi connectivity index (χ0v) is 13.0. The van der Waals surface area contributed by atoms with Crippen molar-refractivity contribution in [1.29, 1.82) is 0 Å². The molecule has 21 heavy (non-hydrogen) atoms. The van der Waals surface area contributed by atoms with E-state index in [4.69, 9.17) is 0 Å². The maximum atomic E-state index is 4.46. The van der Waals surface area contributed by atoms with Gasteiger partial charge in [0.1, 0.15) is 5.82 Å². The SMILES string of the molecule is Cc1ccc2cc(-c3cnc(C(C)C)nc3)ccc2c1C. The first-order valence-electron chi connectivity index (χ1n) is 7.38. The molecule has 2 nitrogen and oxygen atoms in total. The van der Waals surface area contributed by atoms with Crippen LogP contribution in [0.15, 0.2) is 42.7 Å². The minimum absolute atomic E-state index is 0.362. The van der Waals surface area contributed by atoms with E-state index in [0.29, 0.717) is 5.92 Å². The number of rotatable bonds is 2. The summed E-state index contributed by atoms with van der Waals surface area (Å²) in [6.45, 7) is 8.55. The highest BCUT2D eigenvalue weighted by atomic mass is 14.9. The van der Waals surface area contributed by atoms with Crippen LogP contribution in [0.3, 0.4) is 0 Å². The van der Waals surface area contributed by atoms with Crippen molar-refractivity contribution < 1.29 is 0 Å². The standard InChI is InChI=1S/C19H20N2/c1-12(2)19-20-10-17(11-21-19)15-7-8-18-14(4)13(3)5-6-16(18)9-15/h5-12H,1-4H3. The predicted molar refractivity (Wildman–Crippen MR) is 88.5 cm³/mol. The van der Waals surface area contributed by atoms with Crippen LogP contribution in [0, 0.1) is 13.8 Å². The molecule has 0 amide bonds. The van der Waals surface area contributed by atoms with E-state index in [1.807, 2.05) is 12.4 Å². The summed E-state index contributed by atoms with van der Waals surface area (Å²) in [7, 11) is 0. The van der Waals surface area contributed by atoms with E-state index < -0.39 is 0 Å². The minimum atomic E-state index is 0.362. The second kappa shape index (κ2) is 5.28. The van der Waals surface area contributed by atoms with Gasteiger partial charge in [-0.05, 0) is 47.4 Å². The van der Waals surface area contributed by atoms with Gasteiger partial charge in [0.15, 0.2) is 0 Å². The second-order valence-electron chi connectivity index (χ2n) is 5.93. The third-order valence-corrected chi connectivity index (χ3v) is 4.08. The molecule has 0 saturated heterocycles. The van der Waals surface area contributed by atoms with E-state index in [1.165, 1.54) is 27.5 Å². The molecule has 0 bridgehead atoms. The molecule has 1 aromatic heterocycles. The van der Waals surface area contributed by atoms with Crippen molar-refractivity contribution in [2.24, 2.45) is 0 Å². The van der Waals surface area contributed by atoms with Crippen LogP contribution in [-0.2, 0) is 0 Å². The van der Waals surface area contributed by atoms with Gasteiger partial charge >= 0.3 is 0 Å². The van der Waals surface area contributed by atoms with Crippen LogP contribution in [-0.4, -0.2) is 9.97 Å². The van der Waals surface area contributed by atoms with Crippen molar-refractivity contribution in [2.75, 3.05) is 0 Å². The molecule has 3 rings (SSSR count). The molecule has 0 aliphatic rings. The Labute approximate surface area is 125 Å². The van der Waals surface area contributed by atoms with Crippen molar-refractivity contribution in [1.82, 2.24) is 9.97 Å². The van der Waals surface area contributed by atoms with E-state index in [1.54, 1.807) is 0 Å². The summed E-state index contributed by atoms with van der Waals surface area (Å²) in [5.74, 6) is 1.26. The van der Waals surface area contributed by atoms with Gasteiger partial charge in [0.2, 0.25) is 0 Å². The smallest absolute Gasteiger partial charge is 0.130 e. The maximum Gasteiger partial charge on any atom is 0.130 e. The zero-order chi connectivity index (χ0) is 15.0. The molecular formula is C19H20N2. The van der Waals surface area contributed by atoms with Gasteiger partial charge in [0.25, 0.3) is 0 Å². The Kier molecular flexibility index (Phi) is 3.46. The molecular weight excluding hydrogens is 256 g/mol. The number of aryl methyl sites for hydroxylation is 2. The van der Waals surface area contributed by atoms with E-state index in [2.05, 4.69) is 68.0 Å². The van der Waals surface area contributed by atoms with Crippen LogP contribution in [0.2, 0.25) is 0 Å². The summed E-state index contributed by atoms with van der Waals surface area (Å²) in [6, 6.07) is 10.9. The Bertz CT molecular complexity index is 787.